The molecule has 0 bridgehead atoms. The molecule has 1 rings (SSSR count). The van der Waals surface area contributed by atoms with Gasteiger partial charge in [-0.2, -0.15) is 0 Å². The summed E-state index contributed by atoms with van der Waals surface area (Å²) in [6.07, 6.45) is 6.52. The van der Waals surface area contributed by atoms with E-state index in [2.05, 4.69) is 5.92 Å². The second-order valence-electron chi connectivity index (χ2n) is 3.82. The molecule has 0 saturated heterocycles. The van der Waals surface area contributed by atoms with Crippen LogP contribution >= 0.6 is 0 Å². The van der Waals surface area contributed by atoms with Crippen molar-refractivity contribution in [2.75, 3.05) is 6.61 Å². The van der Waals surface area contributed by atoms with Crippen molar-refractivity contribution >= 4 is 5.69 Å². The lowest BCUT2D eigenvalue weighted by molar-refractivity contribution is -0.385. The van der Waals surface area contributed by atoms with E-state index in [1.165, 1.54) is 6.07 Å². The van der Waals surface area contributed by atoms with Crippen LogP contribution in [0.5, 0.6) is 5.75 Å². The van der Waals surface area contributed by atoms with Gasteiger partial charge in [-0.3, -0.25) is 10.1 Å². The van der Waals surface area contributed by atoms with Gasteiger partial charge in [-0.05, 0) is 31.9 Å². The molecule has 4 heteroatoms. The maximum absolute atomic E-state index is 10.8. The Labute approximate surface area is 101 Å². The molecule has 1 aromatic rings. The lowest BCUT2D eigenvalue weighted by Gasteiger charge is -2.09. The van der Waals surface area contributed by atoms with Gasteiger partial charge in [-0.15, -0.1) is 12.3 Å². The van der Waals surface area contributed by atoms with Gasteiger partial charge in [0.1, 0.15) is 5.75 Å². The first kappa shape index (κ1) is 13.0. The molecular formula is C13H15NO3. The molecule has 4 nitrogen and oxygen atoms in total. The van der Waals surface area contributed by atoms with E-state index in [-0.39, 0.29) is 5.69 Å². The van der Waals surface area contributed by atoms with Crippen LogP contribution in [0.1, 0.15) is 24.0 Å². The van der Waals surface area contributed by atoms with Crippen molar-refractivity contribution in [3.05, 3.63) is 33.4 Å². The number of hydrogen-bond acceptors (Lipinski definition) is 3. The molecule has 0 fully saturated rings. The molecule has 0 amide bonds. The van der Waals surface area contributed by atoms with Crippen LogP contribution in [0.15, 0.2) is 12.1 Å². The Kier molecular flexibility index (Phi) is 4.53. The molecular weight excluding hydrogens is 218 g/mol. The molecule has 17 heavy (non-hydrogen) atoms. The van der Waals surface area contributed by atoms with Gasteiger partial charge in [0.15, 0.2) is 0 Å². The minimum absolute atomic E-state index is 0.0857. The van der Waals surface area contributed by atoms with Crippen molar-refractivity contribution in [3.63, 3.8) is 0 Å². The lowest BCUT2D eigenvalue weighted by atomic mass is 10.1. The van der Waals surface area contributed by atoms with E-state index in [0.29, 0.717) is 24.3 Å². The Balaban J connectivity index is 2.82. The molecule has 0 unspecified atom stereocenters. The third kappa shape index (κ3) is 3.49. The maximum atomic E-state index is 10.8. The zero-order valence-corrected chi connectivity index (χ0v) is 10.0. The maximum Gasteiger partial charge on any atom is 0.276 e. The molecule has 0 atom stereocenters. The monoisotopic (exact) mass is 233 g/mol. The summed E-state index contributed by atoms with van der Waals surface area (Å²) in [4.78, 5) is 10.4. The quantitative estimate of drug-likeness (QED) is 0.340. The van der Waals surface area contributed by atoms with Crippen LogP contribution in [0.25, 0.3) is 0 Å². The molecule has 0 heterocycles. The molecule has 0 spiro atoms. The third-order valence-electron chi connectivity index (χ3n) is 2.41. The number of ether oxygens (including phenoxy) is 1. The number of aryl methyl sites for hydroxylation is 2. The second kappa shape index (κ2) is 5.90. The van der Waals surface area contributed by atoms with Crippen LogP contribution in [-0.4, -0.2) is 11.5 Å². The zero-order valence-electron chi connectivity index (χ0n) is 10.0. The number of nitro groups is 1. The van der Waals surface area contributed by atoms with Gasteiger partial charge in [-0.25, -0.2) is 0 Å². The average Bonchev–Trinajstić information content (AvgIpc) is 2.26. The van der Waals surface area contributed by atoms with Crippen molar-refractivity contribution < 1.29 is 9.66 Å². The molecule has 0 aliphatic rings. The summed E-state index contributed by atoms with van der Waals surface area (Å²) in [6, 6.07) is 3.23. The van der Waals surface area contributed by atoms with Gasteiger partial charge in [0.25, 0.3) is 5.69 Å². The van der Waals surface area contributed by atoms with Crippen LogP contribution in [0, 0.1) is 36.3 Å². The fourth-order valence-electron chi connectivity index (χ4n) is 1.53. The molecule has 0 N–H and O–H groups in total. The predicted molar refractivity (Wildman–Crippen MR) is 66.1 cm³/mol. The second-order valence-corrected chi connectivity index (χ2v) is 3.82. The van der Waals surface area contributed by atoms with Gasteiger partial charge in [0, 0.05) is 12.0 Å². The summed E-state index contributed by atoms with van der Waals surface area (Å²) < 4.78 is 5.48. The number of rotatable bonds is 5. The first-order valence-corrected chi connectivity index (χ1v) is 5.38. The van der Waals surface area contributed by atoms with Crippen molar-refractivity contribution in [3.8, 4) is 18.1 Å². The molecule has 0 saturated carbocycles. The molecule has 0 aliphatic carbocycles. The van der Waals surface area contributed by atoms with Crippen LogP contribution in [0.3, 0.4) is 0 Å². The van der Waals surface area contributed by atoms with Gasteiger partial charge in [0.05, 0.1) is 17.6 Å². The summed E-state index contributed by atoms with van der Waals surface area (Å²) in [5.41, 5.74) is 1.62. The van der Waals surface area contributed by atoms with Crippen molar-refractivity contribution in [2.24, 2.45) is 0 Å². The first-order valence-electron chi connectivity index (χ1n) is 5.38. The Morgan fingerprint density at radius 2 is 2.12 bits per heavy atom. The van der Waals surface area contributed by atoms with Crippen molar-refractivity contribution in [1.82, 2.24) is 0 Å². The summed E-state index contributed by atoms with van der Waals surface area (Å²) in [7, 11) is 0. The topological polar surface area (TPSA) is 52.4 Å². The predicted octanol–water partition coefficient (Wildman–Crippen LogP) is 3.00. The number of hydrogen-bond donors (Lipinski definition) is 0. The normalized spacial score (nSPS) is 9.71. The smallest absolute Gasteiger partial charge is 0.276 e. The van der Waals surface area contributed by atoms with Crippen LogP contribution < -0.4 is 4.74 Å². The van der Waals surface area contributed by atoms with E-state index in [4.69, 9.17) is 11.2 Å². The van der Waals surface area contributed by atoms with Crippen LogP contribution in [0.2, 0.25) is 0 Å². The van der Waals surface area contributed by atoms with E-state index >= 15 is 0 Å². The first-order chi connectivity index (χ1) is 8.06. The van der Waals surface area contributed by atoms with E-state index < -0.39 is 4.92 Å². The summed E-state index contributed by atoms with van der Waals surface area (Å²) in [5.74, 6) is 3.07. The number of nitrogens with zero attached hydrogens (tertiary/aromatic N) is 1. The summed E-state index contributed by atoms with van der Waals surface area (Å²) in [5, 5.41) is 10.8. The van der Waals surface area contributed by atoms with E-state index in [1.807, 2.05) is 6.92 Å². The lowest BCUT2D eigenvalue weighted by Crippen LogP contribution is -2.00. The van der Waals surface area contributed by atoms with Crippen molar-refractivity contribution in [1.29, 1.82) is 0 Å². The van der Waals surface area contributed by atoms with E-state index in [1.54, 1.807) is 13.0 Å². The largest absolute Gasteiger partial charge is 0.493 e. The Morgan fingerprint density at radius 3 is 2.71 bits per heavy atom. The highest BCUT2D eigenvalue weighted by Gasteiger charge is 2.14. The molecule has 0 radical (unpaired) electrons. The summed E-state index contributed by atoms with van der Waals surface area (Å²) in [6.45, 7) is 4.06. The van der Waals surface area contributed by atoms with Gasteiger partial charge < -0.3 is 4.74 Å². The van der Waals surface area contributed by atoms with Crippen LogP contribution in [-0.2, 0) is 0 Å². The highest BCUT2D eigenvalue weighted by Crippen LogP contribution is 2.28. The highest BCUT2D eigenvalue weighted by atomic mass is 16.6. The van der Waals surface area contributed by atoms with Gasteiger partial charge in [-0.1, -0.05) is 0 Å². The Hall–Kier alpha value is -2.02. The summed E-state index contributed by atoms with van der Waals surface area (Å²) >= 11 is 0. The third-order valence-corrected chi connectivity index (χ3v) is 2.41. The fraction of sp³-hybridized carbons (Fsp3) is 0.385. The average molecular weight is 233 g/mol. The number of nitro benzene ring substituents is 1. The van der Waals surface area contributed by atoms with Gasteiger partial charge >= 0.3 is 0 Å². The Morgan fingerprint density at radius 1 is 1.41 bits per heavy atom. The minimum atomic E-state index is -0.400. The number of terminal acetylenes is 1. The number of unbranched alkanes of at least 4 members (excludes halogenated alkanes) is 1. The number of benzene rings is 1. The van der Waals surface area contributed by atoms with Gasteiger partial charge in [0.2, 0.25) is 0 Å². The zero-order chi connectivity index (χ0) is 12.8. The molecule has 0 aliphatic heterocycles. The fourth-order valence-corrected chi connectivity index (χ4v) is 1.53. The van der Waals surface area contributed by atoms with E-state index in [0.717, 1.165) is 12.0 Å². The van der Waals surface area contributed by atoms with Crippen LogP contribution in [0.4, 0.5) is 5.69 Å². The standard InChI is InChI=1S/C13H15NO3/c1-4-5-6-7-17-13-9-12(14(15)16)10(2)8-11(13)3/h1,8-9H,5-7H2,2-3H3. The minimum Gasteiger partial charge on any atom is -0.493 e. The van der Waals surface area contributed by atoms with E-state index in [9.17, 15) is 10.1 Å². The molecule has 90 valence electrons. The molecule has 0 aromatic heterocycles. The molecule has 1 aromatic carbocycles. The van der Waals surface area contributed by atoms with Crippen molar-refractivity contribution in [2.45, 2.75) is 26.7 Å². The Bertz CT molecular complexity index is 460. The SMILES string of the molecule is C#CCCCOc1cc([N+](=O)[O-])c(C)cc1C. The highest BCUT2D eigenvalue weighted by molar-refractivity contribution is 5.49.